The second-order valence-corrected chi connectivity index (χ2v) is 8.54. The number of hydrogen-bond donors (Lipinski definition) is 0. The predicted octanol–water partition coefficient (Wildman–Crippen LogP) is 7.70. The first kappa shape index (κ1) is 20.5. The van der Waals surface area contributed by atoms with E-state index in [0.717, 1.165) is 28.8 Å². The number of fused-ring (bicyclic) bond motifs is 2. The van der Waals surface area contributed by atoms with Gasteiger partial charge in [-0.3, -0.25) is 9.97 Å². The Morgan fingerprint density at radius 3 is 2.10 bits per heavy atom. The van der Waals surface area contributed by atoms with Crippen LogP contribution in [0.25, 0.3) is 21.8 Å². The number of para-hydroxylation sites is 2. The molecule has 4 rings (SSSR count). The summed E-state index contributed by atoms with van der Waals surface area (Å²) in [7, 11) is 0. The Morgan fingerprint density at radius 1 is 0.733 bits per heavy atom. The molecule has 154 valence electrons. The van der Waals surface area contributed by atoms with Gasteiger partial charge in [-0.2, -0.15) is 0 Å². The van der Waals surface area contributed by atoms with Crippen molar-refractivity contribution in [3.05, 3.63) is 83.2 Å². The van der Waals surface area contributed by atoms with E-state index in [4.69, 9.17) is 4.98 Å². The molecule has 0 N–H and O–H groups in total. The standard InChI is InChI=1S/C28H32N2/c1-4-11-22(26-19-21(3)30-28-17-10-8-15-25(26)28)12-5-6-13-23-18-20(2)29-27-16-9-7-14-24(23)27/h7-10,14-19,22H,4-6,11-13H2,1-3H3. The monoisotopic (exact) mass is 396 g/mol. The zero-order valence-corrected chi connectivity index (χ0v) is 18.5. The first-order chi connectivity index (χ1) is 14.7. The Kier molecular flexibility index (Phi) is 6.42. The Bertz CT molecular complexity index is 1150. The summed E-state index contributed by atoms with van der Waals surface area (Å²) in [4.78, 5) is 9.43. The molecule has 0 saturated carbocycles. The molecular formula is C28H32N2. The highest BCUT2D eigenvalue weighted by Crippen LogP contribution is 2.33. The van der Waals surface area contributed by atoms with E-state index in [0.29, 0.717) is 5.92 Å². The van der Waals surface area contributed by atoms with Crippen molar-refractivity contribution in [1.29, 1.82) is 0 Å². The van der Waals surface area contributed by atoms with Gasteiger partial charge in [-0.15, -0.1) is 0 Å². The summed E-state index contributed by atoms with van der Waals surface area (Å²) in [6.07, 6.45) is 7.28. The molecule has 0 amide bonds. The number of pyridine rings is 2. The van der Waals surface area contributed by atoms with Gasteiger partial charge in [0.15, 0.2) is 0 Å². The second-order valence-electron chi connectivity index (χ2n) is 8.54. The molecule has 2 aromatic carbocycles. The van der Waals surface area contributed by atoms with Gasteiger partial charge < -0.3 is 0 Å². The summed E-state index contributed by atoms with van der Waals surface area (Å²) in [5.74, 6) is 0.609. The topological polar surface area (TPSA) is 25.8 Å². The largest absolute Gasteiger partial charge is 0.253 e. The van der Waals surface area contributed by atoms with Crippen LogP contribution in [-0.2, 0) is 6.42 Å². The van der Waals surface area contributed by atoms with Gasteiger partial charge in [0.1, 0.15) is 0 Å². The lowest BCUT2D eigenvalue weighted by molar-refractivity contribution is 0.534. The number of nitrogens with zero attached hydrogens (tertiary/aromatic N) is 2. The van der Waals surface area contributed by atoms with Crippen molar-refractivity contribution in [3.63, 3.8) is 0 Å². The molecular weight excluding hydrogens is 364 g/mol. The molecule has 1 atom stereocenters. The van der Waals surface area contributed by atoms with E-state index in [2.05, 4.69) is 86.4 Å². The average molecular weight is 397 g/mol. The molecule has 0 saturated heterocycles. The van der Waals surface area contributed by atoms with Crippen molar-refractivity contribution >= 4 is 21.8 Å². The molecule has 2 heteroatoms. The Labute approximate surface area is 180 Å². The molecule has 0 spiro atoms. The number of benzene rings is 2. The molecule has 0 aliphatic rings. The fourth-order valence-corrected chi connectivity index (χ4v) is 4.79. The molecule has 1 unspecified atom stereocenters. The minimum Gasteiger partial charge on any atom is -0.253 e. The van der Waals surface area contributed by atoms with Crippen molar-refractivity contribution < 1.29 is 0 Å². The zero-order valence-electron chi connectivity index (χ0n) is 18.5. The fourth-order valence-electron chi connectivity index (χ4n) is 4.79. The second kappa shape index (κ2) is 9.38. The molecule has 2 heterocycles. The van der Waals surface area contributed by atoms with E-state index in [9.17, 15) is 0 Å². The van der Waals surface area contributed by atoms with Crippen LogP contribution in [0.5, 0.6) is 0 Å². The highest BCUT2D eigenvalue weighted by atomic mass is 14.7. The molecule has 0 aliphatic carbocycles. The van der Waals surface area contributed by atoms with Crippen molar-refractivity contribution in [2.45, 2.75) is 65.2 Å². The molecule has 0 aliphatic heterocycles. The van der Waals surface area contributed by atoms with Gasteiger partial charge in [-0.05, 0) is 80.8 Å². The Morgan fingerprint density at radius 2 is 1.37 bits per heavy atom. The van der Waals surface area contributed by atoms with Crippen LogP contribution in [0.4, 0.5) is 0 Å². The number of aryl methyl sites for hydroxylation is 3. The van der Waals surface area contributed by atoms with Crippen molar-refractivity contribution in [2.75, 3.05) is 0 Å². The van der Waals surface area contributed by atoms with Crippen molar-refractivity contribution in [1.82, 2.24) is 9.97 Å². The molecule has 2 aromatic heterocycles. The van der Waals surface area contributed by atoms with Crippen LogP contribution in [0.2, 0.25) is 0 Å². The van der Waals surface area contributed by atoms with Gasteiger partial charge in [-0.1, -0.05) is 56.2 Å². The van der Waals surface area contributed by atoms with Crippen LogP contribution in [0.3, 0.4) is 0 Å². The van der Waals surface area contributed by atoms with Crippen LogP contribution < -0.4 is 0 Å². The van der Waals surface area contributed by atoms with Crippen LogP contribution in [0.15, 0.2) is 60.7 Å². The summed E-state index contributed by atoms with van der Waals surface area (Å²) in [6, 6.07) is 21.7. The van der Waals surface area contributed by atoms with Gasteiger partial charge in [0.05, 0.1) is 11.0 Å². The van der Waals surface area contributed by atoms with E-state index >= 15 is 0 Å². The number of unbranched alkanes of at least 4 members (excludes halogenated alkanes) is 1. The summed E-state index contributed by atoms with van der Waals surface area (Å²) in [5.41, 5.74) is 7.43. The maximum atomic E-state index is 4.75. The molecule has 0 fully saturated rings. The highest BCUT2D eigenvalue weighted by Gasteiger charge is 2.15. The lowest BCUT2D eigenvalue weighted by atomic mass is 9.86. The van der Waals surface area contributed by atoms with E-state index in [1.54, 1.807) is 0 Å². The SMILES string of the molecule is CCCC(CCCCc1cc(C)nc2ccccc12)c1cc(C)nc2ccccc12. The highest BCUT2D eigenvalue weighted by molar-refractivity contribution is 5.83. The maximum absolute atomic E-state index is 4.75. The van der Waals surface area contributed by atoms with Gasteiger partial charge in [0.2, 0.25) is 0 Å². The third-order valence-electron chi connectivity index (χ3n) is 6.13. The Balaban J connectivity index is 1.49. The summed E-state index contributed by atoms with van der Waals surface area (Å²) >= 11 is 0. The minimum absolute atomic E-state index is 0.609. The van der Waals surface area contributed by atoms with Crippen molar-refractivity contribution in [3.8, 4) is 0 Å². The van der Waals surface area contributed by atoms with Gasteiger partial charge >= 0.3 is 0 Å². The minimum atomic E-state index is 0.609. The molecule has 4 aromatic rings. The van der Waals surface area contributed by atoms with Gasteiger partial charge in [-0.25, -0.2) is 0 Å². The maximum Gasteiger partial charge on any atom is 0.0708 e. The molecule has 0 radical (unpaired) electrons. The smallest absolute Gasteiger partial charge is 0.0708 e. The third kappa shape index (κ3) is 4.53. The summed E-state index contributed by atoms with van der Waals surface area (Å²) < 4.78 is 0. The van der Waals surface area contributed by atoms with Crippen LogP contribution >= 0.6 is 0 Å². The van der Waals surface area contributed by atoms with Crippen LogP contribution in [0.1, 0.15) is 67.5 Å². The van der Waals surface area contributed by atoms with Crippen LogP contribution in [0, 0.1) is 13.8 Å². The van der Waals surface area contributed by atoms with Crippen LogP contribution in [-0.4, -0.2) is 9.97 Å². The number of aromatic nitrogens is 2. The van der Waals surface area contributed by atoms with Crippen molar-refractivity contribution in [2.24, 2.45) is 0 Å². The predicted molar refractivity (Wildman–Crippen MR) is 128 cm³/mol. The van der Waals surface area contributed by atoms with E-state index in [-0.39, 0.29) is 0 Å². The molecule has 0 bridgehead atoms. The average Bonchev–Trinajstić information content (AvgIpc) is 2.75. The molecule has 2 nitrogen and oxygen atoms in total. The first-order valence-electron chi connectivity index (χ1n) is 11.4. The van der Waals surface area contributed by atoms with E-state index < -0.39 is 0 Å². The molecule has 30 heavy (non-hydrogen) atoms. The number of hydrogen-bond acceptors (Lipinski definition) is 2. The Hall–Kier alpha value is -2.74. The number of rotatable bonds is 8. The van der Waals surface area contributed by atoms with E-state index in [1.165, 1.54) is 54.0 Å². The normalized spacial score (nSPS) is 12.5. The fraction of sp³-hybridized carbons (Fsp3) is 0.357. The lowest BCUT2D eigenvalue weighted by Crippen LogP contribution is -2.02. The summed E-state index contributed by atoms with van der Waals surface area (Å²) in [6.45, 7) is 6.52. The zero-order chi connectivity index (χ0) is 20.9. The summed E-state index contributed by atoms with van der Waals surface area (Å²) in [5, 5.41) is 2.64. The van der Waals surface area contributed by atoms with Gasteiger partial charge in [0, 0.05) is 22.2 Å². The lowest BCUT2D eigenvalue weighted by Gasteiger charge is -2.19. The quantitative estimate of drug-likeness (QED) is 0.285. The van der Waals surface area contributed by atoms with Gasteiger partial charge in [0.25, 0.3) is 0 Å². The first-order valence-corrected chi connectivity index (χ1v) is 11.4. The van der Waals surface area contributed by atoms with E-state index in [1.807, 2.05) is 0 Å². The third-order valence-corrected chi connectivity index (χ3v) is 6.13.